The molecule has 2 heterocycles. The summed E-state index contributed by atoms with van der Waals surface area (Å²) in [5.41, 5.74) is 3.50. The van der Waals surface area contributed by atoms with Gasteiger partial charge < -0.3 is 0 Å². The topological polar surface area (TPSA) is 25.8 Å². The summed E-state index contributed by atoms with van der Waals surface area (Å²) in [5.74, 6) is 0.841. The summed E-state index contributed by atoms with van der Waals surface area (Å²) in [4.78, 5) is 10.8. The molecule has 0 aliphatic rings. The third-order valence-electron chi connectivity index (χ3n) is 3.19. The Bertz CT molecular complexity index is 779. The summed E-state index contributed by atoms with van der Waals surface area (Å²) in [5, 5.41) is 1.40. The van der Waals surface area contributed by atoms with Crippen LogP contribution in [0.2, 0.25) is 5.15 Å². The van der Waals surface area contributed by atoms with Crippen molar-refractivity contribution in [3.63, 3.8) is 0 Å². The standard InChI is InChI=1S/C15H12Cl2N2S/c1-8-3-5-10(6-4-8)12-9(2)20-15-13(12)14(17)18-11(7-16)19-15/h3-6H,7H2,1-2H3. The highest BCUT2D eigenvalue weighted by Gasteiger charge is 2.17. The van der Waals surface area contributed by atoms with Gasteiger partial charge in [0.1, 0.15) is 15.8 Å². The normalized spacial score (nSPS) is 11.2. The highest BCUT2D eigenvalue weighted by Crippen LogP contribution is 2.40. The Morgan fingerprint density at radius 1 is 1.10 bits per heavy atom. The van der Waals surface area contributed by atoms with E-state index >= 15 is 0 Å². The Morgan fingerprint density at radius 2 is 1.80 bits per heavy atom. The van der Waals surface area contributed by atoms with Gasteiger partial charge >= 0.3 is 0 Å². The number of hydrogen-bond donors (Lipinski definition) is 0. The first-order valence-corrected chi connectivity index (χ1v) is 7.91. The molecule has 20 heavy (non-hydrogen) atoms. The lowest BCUT2D eigenvalue weighted by atomic mass is 10.0. The minimum absolute atomic E-state index is 0.270. The van der Waals surface area contributed by atoms with E-state index < -0.39 is 0 Å². The Labute approximate surface area is 131 Å². The zero-order valence-electron chi connectivity index (χ0n) is 11.1. The SMILES string of the molecule is Cc1ccc(-c2c(C)sc3nc(CCl)nc(Cl)c23)cc1. The Hall–Kier alpha value is -1.16. The number of alkyl halides is 1. The zero-order chi connectivity index (χ0) is 14.3. The fourth-order valence-electron chi connectivity index (χ4n) is 2.24. The average molecular weight is 323 g/mol. The summed E-state index contributed by atoms with van der Waals surface area (Å²) < 4.78 is 0. The molecule has 0 unspecified atom stereocenters. The van der Waals surface area contributed by atoms with Gasteiger partial charge in [-0.15, -0.1) is 22.9 Å². The van der Waals surface area contributed by atoms with Crippen LogP contribution in [0.3, 0.4) is 0 Å². The molecule has 0 aliphatic carbocycles. The summed E-state index contributed by atoms with van der Waals surface area (Å²) in [6, 6.07) is 8.41. The fraction of sp³-hybridized carbons (Fsp3) is 0.200. The van der Waals surface area contributed by atoms with Crippen LogP contribution in [0, 0.1) is 13.8 Å². The van der Waals surface area contributed by atoms with E-state index in [1.54, 1.807) is 11.3 Å². The van der Waals surface area contributed by atoms with Crippen LogP contribution in [0.25, 0.3) is 21.3 Å². The lowest BCUT2D eigenvalue weighted by molar-refractivity contribution is 1.07. The van der Waals surface area contributed by atoms with E-state index in [-0.39, 0.29) is 5.88 Å². The Balaban J connectivity index is 2.30. The number of rotatable bonds is 2. The first kappa shape index (κ1) is 13.8. The molecule has 2 nitrogen and oxygen atoms in total. The smallest absolute Gasteiger partial charge is 0.146 e. The third kappa shape index (κ3) is 2.30. The molecule has 0 bridgehead atoms. The molecule has 5 heteroatoms. The molecule has 0 N–H and O–H groups in total. The molecular formula is C15H12Cl2N2S. The van der Waals surface area contributed by atoms with Crippen molar-refractivity contribution in [3.05, 3.63) is 45.7 Å². The number of thiophene rings is 1. The van der Waals surface area contributed by atoms with Crippen LogP contribution < -0.4 is 0 Å². The van der Waals surface area contributed by atoms with Gasteiger partial charge in [-0.2, -0.15) is 0 Å². The zero-order valence-corrected chi connectivity index (χ0v) is 13.4. The van der Waals surface area contributed by atoms with Crippen molar-refractivity contribution in [1.82, 2.24) is 9.97 Å². The maximum absolute atomic E-state index is 6.34. The van der Waals surface area contributed by atoms with Crippen LogP contribution in [-0.4, -0.2) is 9.97 Å². The van der Waals surface area contributed by atoms with Crippen molar-refractivity contribution in [2.75, 3.05) is 0 Å². The minimum atomic E-state index is 0.270. The quantitative estimate of drug-likeness (QED) is 0.468. The van der Waals surface area contributed by atoms with Gasteiger partial charge in [0.15, 0.2) is 0 Å². The molecule has 102 valence electrons. The lowest BCUT2D eigenvalue weighted by Crippen LogP contribution is -1.92. The van der Waals surface area contributed by atoms with Crippen LogP contribution in [0.15, 0.2) is 24.3 Å². The summed E-state index contributed by atoms with van der Waals surface area (Å²) in [6.45, 7) is 4.16. The largest absolute Gasteiger partial charge is 0.221 e. The second kappa shape index (κ2) is 5.32. The molecule has 0 saturated carbocycles. The van der Waals surface area contributed by atoms with Crippen molar-refractivity contribution in [2.45, 2.75) is 19.7 Å². The van der Waals surface area contributed by atoms with E-state index in [1.807, 2.05) is 0 Å². The van der Waals surface area contributed by atoms with Crippen LogP contribution in [0.1, 0.15) is 16.3 Å². The molecule has 0 fully saturated rings. The number of benzene rings is 1. The summed E-state index contributed by atoms with van der Waals surface area (Å²) in [6.07, 6.45) is 0. The molecule has 2 aromatic heterocycles. The van der Waals surface area contributed by atoms with E-state index in [2.05, 4.69) is 48.1 Å². The van der Waals surface area contributed by atoms with Crippen molar-refractivity contribution in [3.8, 4) is 11.1 Å². The van der Waals surface area contributed by atoms with Gasteiger partial charge in [0.25, 0.3) is 0 Å². The lowest BCUT2D eigenvalue weighted by Gasteiger charge is -2.04. The average Bonchev–Trinajstić information content (AvgIpc) is 2.76. The first-order chi connectivity index (χ1) is 9.60. The van der Waals surface area contributed by atoms with E-state index in [9.17, 15) is 0 Å². The second-order valence-electron chi connectivity index (χ2n) is 4.64. The summed E-state index contributed by atoms with van der Waals surface area (Å²) in [7, 11) is 0. The van der Waals surface area contributed by atoms with Gasteiger partial charge in [0, 0.05) is 10.4 Å². The van der Waals surface area contributed by atoms with Gasteiger partial charge in [0.05, 0.1) is 11.3 Å². The maximum Gasteiger partial charge on any atom is 0.146 e. The fourth-order valence-corrected chi connectivity index (χ4v) is 3.76. The predicted molar refractivity (Wildman–Crippen MR) is 86.9 cm³/mol. The monoisotopic (exact) mass is 322 g/mol. The number of hydrogen-bond acceptors (Lipinski definition) is 3. The Morgan fingerprint density at radius 3 is 2.45 bits per heavy atom. The number of aromatic nitrogens is 2. The molecule has 0 saturated heterocycles. The predicted octanol–water partition coefficient (Wildman–Crippen LogP) is 5.37. The van der Waals surface area contributed by atoms with Crippen LogP contribution in [0.5, 0.6) is 0 Å². The Kier molecular flexibility index (Phi) is 3.67. The minimum Gasteiger partial charge on any atom is -0.221 e. The molecular weight excluding hydrogens is 311 g/mol. The van der Waals surface area contributed by atoms with E-state index in [4.69, 9.17) is 23.2 Å². The molecule has 3 rings (SSSR count). The number of halogens is 2. The summed E-state index contributed by atoms with van der Waals surface area (Å²) >= 11 is 13.8. The highest BCUT2D eigenvalue weighted by atomic mass is 35.5. The number of nitrogens with zero attached hydrogens (tertiary/aromatic N) is 2. The van der Waals surface area contributed by atoms with E-state index in [0.29, 0.717) is 11.0 Å². The molecule has 0 radical (unpaired) electrons. The van der Waals surface area contributed by atoms with Crippen molar-refractivity contribution < 1.29 is 0 Å². The number of aryl methyl sites for hydroxylation is 2. The second-order valence-corrected chi connectivity index (χ2v) is 6.47. The molecule has 1 aromatic carbocycles. The van der Waals surface area contributed by atoms with Crippen molar-refractivity contribution in [2.24, 2.45) is 0 Å². The van der Waals surface area contributed by atoms with E-state index in [1.165, 1.54) is 10.4 Å². The van der Waals surface area contributed by atoms with Crippen LogP contribution in [-0.2, 0) is 5.88 Å². The van der Waals surface area contributed by atoms with Crippen molar-refractivity contribution >= 4 is 44.8 Å². The van der Waals surface area contributed by atoms with Gasteiger partial charge in [-0.3, -0.25) is 0 Å². The van der Waals surface area contributed by atoms with E-state index in [0.717, 1.165) is 21.3 Å². The first-order valence-electron chi connectivity index (χ1n) is 6.18. The molecule has 0 atom stereocenters. The molecule has 0 amide bonds. The van der Waals surface area contributed by atoms with Gasteiger partial charge in [-0.05, 0) is 19.4 Å². The molecule has 3 aromatic rings. The number of fused-ring (bicyclic) bond motifs is 1. The van der Waals surface area contributed by atoms with Gasteiger partial charge in [0.2, 0.25) is 0 Å². The molecule has 0 spiro atoms. The van der Waals surface area contributed by atoms with Crippen LogP contribution in [0.4, 0.5) is 0 Å². The van der Waals surface area contributed by atoms with Gasteiger partial charge in [-0.25, -0.2) is 9.97 Å². The van der Waals surface area contributed by atoms with Gasteiger partial charge in [-0.1, -0.05) is 41.4 Å². The van der Waals surface area contributed by atoms with Crippen molar-refractivity contribution in [1.29, 1.82) is 0 Å². The highest BCUT2D eigenvalue weighted by molar-refractivity contribution is 7.19. The molecule has 0 aliphatic heterocycles. The third-order valence-corrected chi connectivity index (χ3v) is 4.70. The van der Waals surface area contributed by atoms with Crippen LogP contribution >= 0.6 is 34.5 Å². The maximum atomic E-state index is 6.34.